The number of hydrogen-bond donors (Lipinski definition) is 0. The van der Waals surface area contributed by atoms with E-state index in [1.165, 1.54) is 0 Å². The van der Waals surface area contributed by atoms with Gasteiger partial charge in [0, 0.05) is 0 Å². The number of amides is 1. The number of carbonyl (C=O) groups excluding carboxylic acids is 1. The Kier molecular flexibility index (Phi) is 2.04. The fraction of sp³-hybridized carbons (Fsp3) is 0. The van der Waals surface area contributed by atoms with E-state index >= 15 is 0 Å². The van der Waals surface area contributed by atoms with Gasteiger partial charge in [-0.3, -0.25) is 10.1 Å². The molecule has 10 heavy (non-hydrogen) atoms. The van der Waals surface area contributed by atoms with E-state index in [0.717, 1.165) is 0 Å². The first-order valence-electron chi connectivity index (χ1n) is 1.76. The number of thiocyanates is 1. The summed E-state index contributed by atoms with van der Waals surface area (Å²) in [5, 5.41) is 15.3. The molecule has 0 aliphatic heterocycles. The molecule has 0 saturated carbocycles. The van der Waals surface area contributed by atoms with E-state index in [0.29, 0.717) is 5.40 Å². The van der Waals surface area contributed by atoms with Crippen LogP contribution in [-0.4, -0.2) is 18.6 Å². The first-order valence-corrected chi connectivity index (χ1v) is 3.24. The van der Waals surface area contributed by atoms with E-state index in [1.807, 2.05) is 0 Å². The third-order valence-electron chi connectivity index (χ3n) is 0.499. The van der Waals surface area contributed by atoms with Gasteiger partial charge in [-0.05, 0) is 0 Å². The van der Waals surface area contributed by atoms with E-state index in [4.69, 9.17) is 5.26 Å². The van der Waals surface area contributed by atoms with Crippen LogP contribution >= 0.6 is 0 Å². The zero-order valence-corrected chi connectivity index (χ0v) is 5.16. The van der Waals surface area contributed by atoms with Crippen LogP contribution in [0.15, 0.2) is 0 Å². The van der Waals surface area contributed by atoms with Crippen molar-refractivity contribution in [3.05, 3.63) is 10.1 Å². The second-order valence-electron chi connectivity index (χ2n) is 1.12. The molecule has 54 valence electrons. The van der Waals surface area contributed by atoms with Crippen molar-refractivity contribution in [1.82, 2.24) is 0 Å². The molecule has 0 N–H and O–H groups in total. The van der Waals surface area contributed by atoms with Crippen molar-refractivity contribution in [2.75, 3.05) is 0 Å². The molecule has 0 spiro atoms. The van der Waals surface area contributed by atoms with Gasteiger partial charge in [-0.15, -0.1) is 0 Å². The average molecular weight is 164 g/mol. The minimum Gasteiger partial charge on any atom is -0.255 e. The van der Waals surface area contributed by atoms with Gasteiger partial charge in [-0.2, -0.15) is 18.5 Å². The van der Waals surface area contributed by atoms with Crippen LogP contribution in [0.3, 0.4) is 0 Å². The Morgan fingerprint density at radius 3 is 2.10 bits per heavy atom. The van der Waals surface area contributed by atoms with Crippen molar-refractivity contribution in [1.29, 1.82) is 5.26 Å². The van der Waals surface area contributed by atoms with Gasteiger partial charge < -0.3 is 0 Å². The summed E-state index contributed by atoms with van der Waals surface area (Å²) in [5.74, 6) is 0. The number of hydrogen-bond acceptors (Lipinski definition) is 6. The summed E-state index contributed by atoms with van der Waals surface area (Å²) < 4.78 is 20.0. The lowest BCUT2D eigenvalue weighted by atomic mass is 11.4. The van der Waals surface area contributed by atoms with Gasteiger partial charge in [0.05, 0.1) is 0 Å². The maximum Gasteiger partial charge on any atom is 0.577 e. The zero-order valence-electron chi connectivity index (χ0n) is 4.34. The number of nitriles is 1. The Hall–Kier alpha value is -1.49. The predicted octanol–water partition coefficient (Wildman–Crippen LogP) is -0.721. The molecular weight excluding hydrogens is 164 g/mol. The summed E-state index contributed by atoms with van der Waals surface area (Å²) in [5.41, 5.74) is 0. The molecule has 0 unspecified atom stereocenters. The highest BCUT2D eigenvalue weighted by atomic mass is 32.2. The summed E-state index contributed by atoms with van der Waals surface area (Å²) in [6, 6.07) is 0. The Bertz CT molecular complexity index is 307. The van der Waals surface area contributed by atoms with Crippen molar-refractivity contribution in [2.45, 2.75) is 0 Å². The van der Waals surface area contributed by atoms with Gasteiger partial charge in [0.1, 0.15) is 4.92 Å². The SMILES string of the molecule is N#CS(=O)(=O)C(=O)[N+](=O)[O-]. The Balaban J connectivity index is 4.94. The molecule has 0 aliphatic carbocycles. The van der Waals surface area contributed by atoms with Crippen LogP contribution in [0.1, 0.15) is 0 Å². The number of rotatable bonds is 0. The van der Waals surface area contributed by atoms with Gasteiger partial charge in [0.15, 0.2) is 0 Å². The molecule has 0 bridgehead atoms. The standard InChI is InChI=1S/C2N2O5S/c3-1-10(8,9)2(5)4(6)7. The fourth-order valence-electron chi connectivity index (χ4n) is 0.137. The first-order chi connectivity index (χ1) is 4.41. The third kappa shape index (κ3) is 1.49. The van der Waals surface area contributed by atoms with Crippen LogP contribution in [0.5, 0.6) is 0 Å². The molecule has 0 rings (SSSR count). The van der Waals surface area contributed by atoms with Crippen LogP contribution in [0.4, 0.5) is 4.79 Å². The quantitative estimate of drug-likeness (QED) is 0.201. The van der Waals surface area contributed by atoms with E-state index < -0.39 is 20.0 Å². The number of sulfone groups is 1. The van der Waals surface area contributed by atoms with Crippen molar-refractivity contribution < 1.29 is 18.1 Å². The molecule has 0 aromatic heterocycles. The molecule has 0 fully saturated rings. The monoisotopic (exact) mass is 164 g/mol. The molecular formula is C2N2O5S. The summed E-state index contributed by atoms with van der Waals surface area (Å²) in [6.07, 6.45) is 0. The first kappa shape index (κ1) is 8.51. The lowest BCUT2D eigenvalue weighted by molar-refractivity contribution is -0.361. The van der Waals surface area contributed by atoms with Crippen LogP contribution in [-0.2, 0) is 9.84 Å². The van der Waals surface area contributed by atoms with E-state index in [2.05, 4.69) is 0 Å². The van der Waals surface area contributed by atoms with Gasteiger partial charge >= 0.3 is 15.1 Å². The van der Waals surface area contributed by atoms with Crippen molar-refractivity contribution in [3.8, 4) is 5.40 Å². The molecule has 0 saturated heterocycles. The van der Waals surface area contributed by atoms with E-state index in [9.17, 15) is 23.3 Å². The highest BCUT2D eigenvalue weighted by Gasteiger charge is 2.34. The fourth-order valence-corrected chi connectivity index (χ4v) is 0.412. The molecule has 0 aromatic carbocycles. The summed E-state index contributed by atoms with van der Waals surface area (Å²) in [7, 11) is -4.83. The van der Waals surface area contributed by atoms with Crippen LogP contribution < -0.4 is 0 Å². The van der Waals surface area contributed by atoms with Gasteiger partial charge in [0.2, 0.25) is 5.40 Å². The highest BCUT2D eigenvalue weighted by molar-refractivity contribution is 8.09. The third-order valence-corrected chi connectivity index (χ3v) is 1.35. The van der Waals surface area contributed by atoms with Gasteiger partial charge in [-0.25, -0.2) is 0 Å². The topological polar surface area (TPSA) is 118 Å². The maximum atomic E-state index is 9.99. The smallest absolute Gasteiger partial charge is 0.255 e. The molecule has 1 amide bonds. The van der Waals surface area contributed by atoms with Crippen LogP contribution in [0.25, 0.3) is 0 Å². The minimum absolute atomic E-state index is 0.503. The Labute approximate surface area is 54.9 Å². The normalized spacial score (nSPS) is 9.90. The number of nitrogens with zero attached hydrogens (tertiary/aromatic N) is 2. The van der Waals surface area contributed by atoms with Crippen molar-refractivity contribution in [2.24, 2.45) is 0 Å². The molecule has 8 heteroatoms. The molecule has 0 radical (unpaired) electrons. The van der Waals surface area contributed by atoms with Crippen molar-refractivity contribution in [3.63, 3.8) is 0 Å². The molecule has 0 heterocycles. The zero-order chi connectivity index (χ0) is 8.36. The van der Waals surface area contributed by atoms with Crippen LogP contribution in [0.2, 0.25) is 0 Å². The molecule has 0 aromatic rings. The second-order valence-corrected chi connectivity index (χ2v) is 2.66. The summed E-state index contributed by atoms with van der Waals surface area (Å²) >= 11 is 0. The Morgan fingerprint density at radius 2 is 2.00 bits per heavy atom. The predicted molar refractivity (Wildman–Crippen MR) is 26.9 cm³/mol. The number of carbonyl (C=O) groups is 1. The average Bonchev–Trinajstić information content (AvgIpc) is 1.86. The highest BCUT2D eigenvalue weighted by Crippen LogP contribution is 1.91. The Morgan fingerprint density at radius 1 is 1.60 bits per heavy atom. The number of nitro groups is 1. The summed E-state index contributed by atoms with van der Waals surface area (Å²) in [6.45, 7) is 0. The van der Waals surface area contributed by atoms with Gasteiger partial charge in [0.25, 0.3) is 0 Å². The maximum absolute atomic E-state index is 9.99. The molecule has 0 aliphatic rings. The molecule has 0 atom stereocenters. The van der Waals surface area contributed by atoms with E-state index in [1.54, 1.807) is 0 Å². The second kappa shape index (κ2) is 2.40. The lowest BCUT2D eigenvalue weighted by Gasteiger charge is -1.80. The minimum atomic E-state index is -4.83. The van der Waals surface area contributed by atoms with Crippen LogP contribution in [0, 0.1) is 20.8 Å². The van der Waals surface area contributed by atoms with Crippen molar-refractivity contribution >= 4 is 15.1 Å². The van der Waals surface area contributed by atoms with E-state index in [-0.39, 0.29) is 0 Å². The van der Waals surface area contributed by atoms with Gasteiger partial charge in [-0.1, -0.05) is 0 Å². The largest absolute Gasteiger partial charge is 0.577 e. The summed E-state index contributed by atoms with van der Waals surface area (Å²) in [4.78, 5) is 17.6. The molecule has 7 nitrogen and oxygen atoms in total. The lowest BCUT2D eigenvalue weighted by Crippen LogP contribution is -2.19.